The van der Waals surface area contributed by atoms with Crippen molar-refractivity contribution < 1.29 is 14.4 Å². The summed E-state index contributed by atoms with van der Waals surface area (Å²) in [4.78, 5) is 47.0. The molecule has 1 aliphatic heterocycles. The van der Waals surface area contributed by atoms with Crippen LogP contribution in [0.4, 0.5) is 4.79 Å². The van der Waals surface area contributed by atoms with Gasteiger partial charge in [-0.05, 0) is 18.4 Å². The third kappa shape index (κ3) is 4.51. The molecule has 4 amide bonds. The number of barbiturate groups is 1. The van der Waals surface area contributed by atoms with Gasteiger partial charge >= 0.3 is 6.03 Å². The first-order chi connectivity index (χ1) is 13.6. The fourth-order valence-corrected chi connectivity index (χ4v) is 3.12. The van der Waals surface area contributed by atoms with Crippen molar-refractivity contribution in [2.45, 2.75) is 32.9 Å². The van der Waals surface area contributed by atoms with E-state index in [1.165, 1.54) is 0 Å². The van der Waals surface area contributed by atoms with Gasteiger partial charge in [0.2, 0.25) is 11.8 Å². The Hall–Kier alpha value is -3.29. The number of benzene rings is 1. The van der Waals surface area contributed by atoms with E-state index < -0.39 is 23.8 Å². The van der Waals surface area contributed by atoms with Crippen molar-refractivity contribution in [3.05, 3.63) is 54.6 Å². The molecule has 0 aliphatic carbocycles. The number of urea groups is 1. The van der Waals surface area contributed by atoms with Crippen molar-refractivity contribution in [3.63, 3.8) is 0 Å². The summed E-state index contributed by atoms with van der Waals surface area (Å²) >= 11 is 0. The molecule has 1 N–H and O–H groups in total. The van der Waals surface area contributed by atoms with Crippen molar-refractivity contribution in [2.24, 2.45) is 10.9 Å². The first-order valence-electron chi connectivity index (χ1n) is 9.29. The van der Waals surface area contributed by atoms with Gasteiger partial charge in [-0.15, -0.1) is 0 Å². The minimum Gasteiger partial charge on any atom is -0.337 e. The first-order valence-corrected chi connectivity index (χ1v) is 9.29. The lowest BCUT2D eigenvalue weighted by molar-refractivity contribution is -0.139. The number of amides is 4. The highest BCUT2D eigenvalue weighted by Gasteiger charge is 2.42. The molecule has 1 atom stereocenters. The van der Waals surface area contributed by atoms with Crippen molar-refractivity contribution in [1.29, 1.82) is 0 Å². The van der Waals surface area contributed by atoms with Crippen LogP contribution in [0.25, 0.3) is 0 Å². The fraction of sp³-hybridized carbons (Fsp3) is 0.350. The minimum absolute atomic E-state index is 0.118. The first kappa shape index (κ1) is 19.5. The second kappa shape index (κ2) is 9.07. The van der Waals surface area contributed by atoms with Crippen molar-refractivity contribution >= 4 is 23.6 Å². The summed E-state index contributed by atoms with van der Waals surface area (Å²) in [5.74, 6) is -2.18. The average molecular weight is 381 g/mol. The van der Waals surface area contributed by atoms with Crippen molar-refractivity contribution in [1.82, 2.24) is 19.8 Å². The predicted octanol–water partition coefficient (Wildman–Crippen LogP) is 2.02. The van der Waals surface area contributed by atoms with E-state index in [-0.39, 0.29) is 6.54 Å². The highest BCUT2D eigenvalue weighted by atomic mass is 16.2. The van der Waals surface area contributed by atoms with Gasteiger partial charge in [0.1, 0.15) is 0 Å². The number of imidazole rings is 1. The Morgan fingerprint density at radius 2 is 2.00 bits per heavy atom. The number of aliphatic imine (C=N–C) groups is 1. The molecule has 1 aliphatic rings. The lowest BCUT2D eigenvalue weighted by atomic mass is 9.96. The van der Waals surface area contributed by atoms with Crippen LogP contribution < -0.4 is 5.32 Å². The zero-order chi connectivity index (χ0) is 19.9. The molecule has 0 radical (unpaired) electrons. The van der Waals surface area contributed by atoms with Crippen molar-refractivity contribution in [3.8, 4) is 0 Å². The Bertz CT molecular complexity index is 861. The molecule has 1 fully saturated rings. The number of imide groups is 2. The van der Waals surface area contributed by atoms with Gasteiger partial charge in [0.05, 0.1) is 12.9 Å². The number of rotatable bonds is 8. The molecule has 146 valence electrons. The molecule has 0 spiro atoms. The van der Waals surface area contributed by atoms with Gasteiger partial charge in [-0.25, -0.2) is 9.78 Å². The quantitative estimate of drug-likeness (QED) is 0.430. The van der Waals surface area contributed by atoms with Gasteiger partial charge in [0.15, 0.2) is 5.92 Å². The maximum Gasteiger partial charge on any atom is 0.331 e. The zero-order valence-electron chi connectivity index (χ0n) is 15.7. The predicted molar refractivity (Wildman–Crippen MR) is 103 cm³/mol. The second-order valence-electron chi connectivity index (χ2n) is 6.52. The number of nitrogens with zero attached hydrogens (tertiary/aromatic N) is 4. The number of aromatic nitrogens is 2. The smallest absolute Gasteiger partial charge is 0.331 e. The van der Waals surface area contributed by atoms with E-state index in [0.29, 0.717) is 18.7 Å². The summed E-state index contributed by atoms with van der Waals surface area (Å²) < 4.78 is 1.94. The molecule has 0 saturated carbocycles. The minimum atomic E-state index is -1.06. The van der Waals surface area contributed by atoms with E-state index in [9.17, 15) is 14.4 Å². The monoisotopic (exact) mass is 381 g/mol. The van der Waals surface area contributed by atoms with Gasteiger partial charge in [0.25, 0.3) is 0 Å². The molecule has 1 aromatic carbocycles. The Morgan fingerprint density at radius 3 is 2.68 bits per heavy atom. The summed E-state index contributed by atoms with van der Waals surface area (Å²) in [7, 11) is 0. The van der Waals surface area contributed by atoms with Crippen LogP contribution in [-0.4, -0.2) is 44.6 Å². The lowest BCUT2D eigenvalue weighted by Gasteiger charge is -2.30. The number of carbonyl (C=O) groups is 3. The second-order valence-corrected chi connectivity index (χ2v) is 6.52. The highest BCUT2D eigenvalue weighted by molar-refractivity contribution is 6.27. The van der Waals surface area contributed by atoms with Crippen LogP contribution in [0.3, 0.4) is 0 Å². The Kier molecular flexibility index (Phi) is 6.31. The van der Waals surface area contributed by atoms with Crippen LogP contribution in [0.2, 0.25) is 0 Å². The molecule has 28 heavy (non-hydrogen) atoms. The lowest BCUT2D eigenvalue weighted by Crippen LogP contribution is -2.59. The molecular weight excluding hydrogens is 358 g/mol. The highest BCUT2D eigenvalue weighted by Crippen LogP contribution is 2.17. The van der Waals surface area contributed by atoms with Crippen LogP contribution in [0.5, 0.6) is 0 Å². The maximum atomic E-state index is 12.9. The van der Waals surface area contributed by atoms with E-state index in [4.69, 9.17) is 0 Å². The number of hydrogen-bond donors (Lipinski definition) is 1. The van der Waals surface area contributed by atoms with E-state index in [2.05, 4.69) is 15.3 Å². The SMILES string of the molecule is CCC(=NCCCn1ccnc1)C1C(=O)NC(=O)N(Cc2ccccc2)C1=O. The van der Waals surface area contributed by atoms with Crippen molar-refractivity contribution in [2.75, 3.05) is 6.54 Å². The molecule has 8 nitrogen and oxygen atoms in total. The molecule has 0 bridgehead atoms. The molecule has 1 aromatic heterocycles. The molecule has 2 aromatic rings. The summed E-state index contributed by atoms with van der Waals surface area (Å²) in [6, 6.07) is 8.51. The normalized spacial score (nSPS) is 17.8. The maximum absolute atomic E-state index is 12.9. The van der Waals surface area contributed by atoms with Gasteiger partial charge in [-0.2, -0.15) is 0 Å². The zero-order valence-corrected chi connectivity index (χ0v) is 15.7. The van der Waals surface area contributed by atoms with E-state index in [0.717, 1.165) is 23.4 Å². The summed E-state index contributed by atoms with van der Waals surface area (Å²) in [6.45, 7) is 3.22. The van der Waals surface area contributed by atoms with Gasteiger partial charge in [-0.3, -0.25) is 24.8 Å². The Morgan fingerprint density at radius 1 is 1.21 bits per heavy atom. The number of carbonyl (C=O) groups excluding carboxylic acids is 3. The third-order valence-electron chi connectivity index (χ3n) is 4.58. The van der Waals surface area contributed by atoms with Crippen LogP contribution >= 0.6 is 0 Å². The van der Waals surface area contributed by atoms with Crippen LogP contribution in [0.1, 0.15) is 25.3 Å². The summed E-state index contributed by atoms with van der Waals surface area (Å²) in [5, 5.41) is 2.29. The Balaban J connectivity index is 1.70. The fourth-order valence-electron chi connectivity index (χ4n) is 3.12. The summed E-state index contributed by atoms with van der Waals surface area (Å²) in [6.07, 6.45) is 6.53. The average Bonchev–Trinajstić information content (AvgIpc) is 3.21. The van der Waals surface area contributed by atoms with E-state index in [1.54, 1.807) is 12.5 Å². The van der Waals surface area contributed by atoms with Gasteiger partial charge < -0.3 is 4.57 Å². The number of hydrogen-bond acceptors (Lipinski definition) is 5. The molecule has 1 unspecified atom stereocenters. The third-order valence-corrected chi connectivity index (χ3v) is 4.58. The molecule has 8 heteroatoms. The topological polar surface area (TPSA) is 96.7 Å². The number of aryl methyl sites for hydroxylation is 1. The standard InChI is InChI=1S/C20H23N5O3/c1-2-16(22-9-6-11-24-12-10-21-14-24)17-18(26)23-20(28)25(19(17)27)13-15-7-4-3-5-8-15/h3-5,7-8,10,12,14,17H,2,6,9,11,13H2,1H3,(H,23,26,28). The molecule has 2 heterocycles. The van der Waals surface area contributed by atoms with Crippen LogP contribution in [0.15, 0.2) is 54.0 Å². The van der Waals surface area contributed by atoms with E-state index >= 15 is 0 Å². The Labute approximate surface area is 163 Å². The number of nitrogens with one attached hydrogen (secondary N) is 1. The molecule has 3 rings (SSSR count). The van der Waals surface area contributed by atoms with Crippen LogP contribution in [0, 0.1) is 5.92 Å². The van der Waals surface area contributed by atoms with E-state index in [1.807, 2.05) is 48.0 Å². The molecule has 1 saturated heterocycles. The summed E-state index contributed by atoms with van der Waals surface area (Å²) in [5.41, 5.74) is 1.31. The van der Waals surface area contributed by atoms with Gasteiger partial charge in [-0.1, -0.05) is 37.3 Å². The largest absolute Gasteiger partial charge is 0.337 e. The molecular formula is C20H23N5O3. The van der Waals surface area contributed by atoms with Crippen LogP contribution in [-0.2, 0) is 22.7 Å². The van der Waals surface area contributed by atoms with Gasteiger partial charge in [0, 0.05) is 31.2 Å².